The molecule has 1 aromatic heterocycles. The first-order valence-corrected chi connectivity index (χ1v) is 13.8. The normalized spacial score (nSPS) is 24.2. The number of nitrogen functional groups attached to an aromatic ring is 1. The van der Waals surface area contributed by atoms with Crippen LogP contribution >= 0.6 is 11.3 Å². The second-order valence-corrected chi connectivity index (χ2v) is 11.4. The van der Waals surface area contributed by atoms with Gasteiger partial charge in [-0.25, -0.2) is 0 Å². The Morgan fingerprint density at radius 3 is 2.51 bits per heavy atom. The lowest BCUT2D eigenvalue weighted by Gasteiger charge is -2.37. The molecule has 1 amide bonds. The number of thiophene rings is 1. The third-order valence-corrected chi connectivity index (χ3v) is 9.17. The Balaban J connectivity index is 1.46. The smallest absolute Gasteiger partial charge is 0.262 e. The minimum Gasteiger partial charge on any atom is -0.457 e. The molecule has 2 aliphatic carbocycles. The van der Waals surface area contributed by atoms with Crippen molar-refractivity contribution in [2.75, 3.05) is 5.73 Å². The third-order valence-electron chi connectivity index (χ3n) is 7.92. The zero-order valence-electron chi connectivity index (χ0n) is 21.4. The van der Waals surface area contributed by atoms with Gasteiger partial charge in [-0.3, -0.25) is 9.59 Å². The van der Waals surface area contributed by atoms with E-state index in [-0.39, 0.29) is 11.9 Å². The monoisotopic (exact) mass is 542 g/mol. The SMILES string of the molecule is Cc1cc(Oc2ccccc2)ccc1C1(N)C(=O)C(N)c2c(C(=O)N[C@@H]3CCC[C@@H]3O)sc3c(N)ccc1c23. The number of aryl methyl sites for hydroxylation is 1. The summed E-state index contributed by atoms with van der Waals surface area (Å²) in [5.41, 5.74) is 21.3. The molecular formula is C30H30N4O4S. The second kappa shape index (κ2) is 9.46. The first-order valence-electron chi connectivity index (χ1n) is 13.0. The van der Waals surface area contributed by atoms with Gasteiger partial charge in [0.1, 0.15) is 17.0 Å². The van der Waals surface area contributed by atoms with E-state index in [1.165, 1.54) is 11.3 Å². The van der Waals surface area contributed by atoms with E-state index in [0.29, 0.717) is 61.7 Å². The topological polar surface area (TPSA) is 154 Å². The van der Waals surface area contributed by atoms with E-state index in [0.717, 1.165) is 12.0 Å². The van der Waals surface area contributed by atoms with Crippen LogP contribution in [0.4, 0.5) is 5.69 Å². The van der Waals surface area contributed by atoms with E-state index in [2.05, 4.69) is 5.32 Å². The Labute approximate surface area is 229 Å². The number of ether oxygens (including phenoxy) is 1. The quantitative estimate of drug-likeness (QED) is 0.239. The largest absolute Gasteiger partial charge is 0.457 e. The molecule has 0 saturated heterocycles. The van der Waals surface area contributed by atoms with Gasteiger partial charge in [0.2, 0.25) is 0 Å². The summed E-state index contributed by atoms with van der Waals surface area (Å²) < 4.78 is 6.64. The maximum Gasteiger partial charge on any atom is 0.262 e. The molecule has 1 fully saturated rings. The number of aliphatic hydroxyl groups is 1. The number of nitrogens with one attached hydrogen (secondary N) is 1. The molecule has 2 unspecified atom stereocenters. The summed E-state index contributed by atoms with van der Waals surface area (Å²) in [6, 6.07) is 16.9. The Morgan fingerprint density at radius 2 is 1.82 bits per heavy atom. The van der Waals surface area contributed by atoms with Crippen LogP contribution in [0.1, 0.15) is 57.2 Å². The standard InChI is InChI=1S/C30H30N4O4S/c1-15-14-17(38-16-6-3-2-4-7-16)10-11-18(15)30(33)19-12-13-20(31)26-23(19)24(25(32)28(30)36)27(39-26)29(37)34-21-8-5-9-22(21)35/h2-4,6-7,10-14,21-22,25,35H,5,8-9,31-33H2,1H3,(H,34,37)/t21-,22+,25?,30?/m1/s1. The number of carbonyl (C=O) groups is 2. The van der Waals surface area contributed by atoms with Crippen molar-refractivity contribution in [3.63, 3.8) is 0 Å². The maximum absolute atomic E-state index is 14.1. The van der Waals surface area contributed by atoms with Gasteiger partial charge in [-0.05, 0) is 73.2 Å². The average Bonchev–Trinajstić information content (AvgIpc) is 3.52. The van der Waals surface area contributed by atoms with Gasteiger partial charge in [0.15, 0.2) is 5.78 Å². The zero-order chi connectivity index (χ0) is 27.5. The maximum atomic E-state index is 14.1. The number of aliphatic hydroxyl groups excluding tert-OH is 1. The van der Waals surface area contributed by atoms with Crippen molar-refractivity contribution in [1.29, 1.82) is 0 Å². The van der Waals surface area contributed by atoms with Gasteiger partial charge in [0.25, 0.3) is 5.91 Å². The highest BCUT2D eigenvalue weighted by atomic mass is 32.1. The highest BCUT2D eigenvalue weighted by Crippen LogP contribution is 2.50. The van der Waals surface area contributed by atoms with Crippen molar-refractivity contribution in [2.45, 2.75) is 49.9 Å². The van der Waals surface area contributed by atoms with Gasteiger partial charge in [0.05, 0.1) is 27.8 Å². The highest BCUT2D eigenvalue weighted by Gasteiger charge is 2.49. The molecule has 200 valence electrons. The van der Waals surface area contributed by atoms with Crippen molar-refractivity contribution in [1.82, 2.24) is 5.32 Å². The lowest BCUT2D eigenvalue weighted by molar-refractivity contribution is -0.124. The molecule has 6 rings (SSSR count). The summed E-state index contributed by atoms with van der Waals surface area (Å²) in [7, 11) is 0. The van der Waals surface area contributed by atoms with Gasteiger partial charge in [-0.1, -0.05) is 30.3 Å². The van der Waals surface area contributed by atoms with E-state index in [4.69, 9.17) is 21.9 Å². The average molecular weight is 543 g/mol. The van der Waals surface area contributed by atoms with E-state index < -0.39 is 23.5 Å². The summed E-state index contributed by atoms with van der Waals surface area (Å²) in [5, 5.41) is 13.8. The zero-order valence-corrected chi connectivity index (χ0v) is 22.3. The van der Waals surface area contributed by atoms with Crippen LogP contribution in [0.5, 0.6) is 11.5 Å². The lowest BCUT2D eigenvalue weighted by atomic mass is 9.69. The summed E-state index contributed by atoms with van der Waals surface area (Å²) >= 11 is 1.21. The fourth-order valence-corrected chi connectivity index (χ4v) is 7.14. The first kappa shape index (κ1) is 25.5. The molecule has 1 saturated carbocycles. The molecule has 0 bridgehead atoms. The molecule has 9 heteroatoms. The number of rotatable bonds is 5. The van der Waals surface area contributed by atoms with E-state index in [9.17, 15) is 14.7 Å². The second-order valence-electron chi connectivity index (χ2n) is 10.4. The van der Waals surface area contributed by atoms with Crippen LogP contribution < -0.4 is 27.3 Å². The van der Waals surface area contributed by atoms with E-state index in [1.807, 2.05) is 43.3 Å². The molecule has 3 aromatic carbocycles. The number of amides is 1. The fourth-order valence-electron chi connectivity index (χ4n) is 5.94. The number of anilines is 1. The number of nitrogens with two attached hydrogens (primary N) is 3. The predicted octanol–water partition coefficient (Wildman–Crippen LogP) is 4.01. The molecule has 1 heterocycles. The van der Waals surface area contributed by atoms with Crippen molar-refractivity contribution < 1.29 is 19.4 Å². The minimum atomic E-state index is -1.55. The molecule has 39 heavy (non-hydrogen) atoms. The van der Waals surface area contributed by atoms with Crippen molar-refractivity contribution >= 4 is 38.8 Å². The van der Waals surface area contributed by atoms with Crippen LogP contribution in [0.3, 0.4) is 0 Å². The van der Waals surface area contributed by atoms with E-state index >= 15 is 0 Å². The van der Waals surface area contributed by atoms with Crippen LogP contribution in [-0.4, -0.2) is 28.9 Å². The molecule has 4 atom stereocenters. The Hall–Kier alpha value is -3.76. The molecule has 4 aromatic rings. The van der Waals surface area contributed by atoms with Crippen LogP contribution in [0, 0.1) is 6.92 Å². The fraction of sp³-hybridized carbons (Fsp3) is 0.267. The third kappa shape index (κ3) is 4.01. The van der Waals surface area contributed by atoms with Crippen molar-refractivity contribution in [2.24, 2.45) is 11.5 Å². The minimum absolute atomic E-state index is 0.328. The summed E-state index contributed by atoms with van der Waals surface area (Å²) in [5.74, 6) is 0.537. The number of hydrogen-bond acceptors (Lipinski definition) is 8. The molecular weight excluding hydrogens is 512 g/mol. The molecule has 0 aliphatic heterocycles. The highest BCUT2D eigenvalue weighted by molar-refractivity contribution is 7.21. The summed E-state index contributed by atoms with van der Waals surface area (Å²) in [6.45, 7) is 1.88. The summed E-state index contributed by atoms with van der Waals surface area (Å²) in [6.07, 6.45) is 1.58. The van der Waals surface area contributed by atoms with Crippen molar-refractivity contribution in [3.05, 3.63) is 87.8 Å². The van der Waals surface area contributed by atoms with Gasteiger partial charge in [0, 0.05) is 16.6 Å². The van der Waals surface area contributed by atoms with Crippen molar-refractivity contribution in [3.8, 4) is 11.5 Å². The van der Waals surface area contributed by atoms with Gasteiger partial charge in [-0.2, -0.15) is 0 Å². The lowest BCUT2D eigenvalue weighted by Crippen LogP contribution is -2.53. The molecule has 0 spiro atoms. The van der Waals surface area contributed by atoms with Crippen LogP contribution in [0.25, 0.3) is 10.1 Å². The van der Waals surface area contributed by atoms with E-state index in [1.54, 1.807) is 24.3 Å². The number of carbonyl (C=O) groups excluding carboxylic acids is 2. The number of ketones is 1. The molecule has 0 radical (unpaired) electrons. The molecule has 8 nitrogen and oxygen atoms in total. The van der Waals surface area contributed by atoms with Crippen LogP contribution in [0.2, 0.25) is 0 Å². The van der Waals surface area contributed by atoms with Gasteiger partial charge >= 0.3 is 0 Å². The number of para-hydroxylation sites is 1. The Bertz CT molecular complexity index is 1620. The number of Topliss-reactive ketones (excluding diaryl/α,β-unsaturated/α-hetero) is 1. The summed E-state index contributed by atoms with van der Waals surface area (Å²) in [4.78, 5) is 27.8. The van der Waals surface area contributed by atoms with Crippen LogP contribution in [-0.2, 0) is 10.3 Å². The molecule has 2 aliphatic rings. The molecule has 8 N–H and O–H groups in total. The Morgan fingerprint density at radius 1 is 1.08 bits per heavy atom. The van der Waals surface area contributed by atoms with Gasteiger partial charge in [-0.15, -0.1) is 11.3 Å². The van der Waals surface area contributed by atoms with Crippen LogP contribution in [0.15, 0.2) is 60.7 Å². The first-order chi connectivity index (χ1) is 18.7. The Kier molecular flexibility index (Phi) is 6.19. The number of hydrogen-bond donors (Lipinski definition) is 5. The predicted molar refractivity (Wildman–Crippen MR) is 152 cm³/mol. The number of benzene rings is 3. The van der Waals surface area contributed by atoms with Gasteiger partial charge < -0.3 is 32.4 Å².